The monoisotopic (exact) mass is 271 g/mol. The molecule has 0 aromatic carbocycles. The third-order valence-electron chi connectivity index (χ3n) is 2.47. The number of hydrogen-bond acceptors (Lipinski definition) is 4. The molecule has 3 N–H and O–H groups in total. The molecule has 0 fully saturated rings. The van der Waals surface area contributed by atoms with E-state index in [0.29, 0.717) is 5.16 Å². The second-order valence-electron chi connectivity index (χ2n) is 4.33. The predicted octanol–water partition coefficient (Wildman–Crippen LogP) is 1.05. The minimum atomic E-state index is -0.924. The van der Waals surface area contributed by atoms with Crippen LogP contribution >= 0.6 is 11.8 Å². The van der Waals surface area contributed by atoms with Gasteiger partial charge in [-0.15, -0.1) is 0 Å². The summed E-state index contributed by atoms with van der Waals surface area (Å²) in [5.41, 5.74) is 6.20. The number of carboxylic acids is 1. The van der Waals surface area contributed by atoms with E-state index in [4.69, 9.17) is 10.8 Å². The fourth-order valence-corrected chi connectivity index (χ4v) is 2.53. The van der Waals surface area contributed by atoms with E-state index in [1.807, 2.05) is 20.8 Å². The molecule has 7 heteroatoms. The summed E-state index contributed by atoms with van der Waals surface area (Å²) in [5, 5.41) is 9.19. The lowest BCUT2D eigenvalue weighted by molar-refractivity contribution is -0.133. The van der Waals surface area contributed by atoms with E-state index in [-0.39, 0.29) is 11.7 Å². The van der Waals surface area contributed by atoms with Crippen LogP contribution in [0.3, 0.4) is 0 Å². The standard InChI is InChI=1S/C11H17N3O3S/c1-6(2)9(10(12)17)14-7(3)4-13-11(14)18-5-8(15)16/h4,6,9H,5H2,1-3H3,(H2,12,17)(H,15,16). The van der Waals surface area contributed by atoms with E-state index in [1.54, 1.807) is 10.8 Å². The number of nitrogens with two attached hydrogens (primary N) is 1. The van der Waals surface area contributed by atoms with E-state index in [2.05, 4.69) is 4.98 Å². The van der Waals surface area contributed by atoms with E-state index < -0.39 is 17.9 Å². The van der Waals surface area contributed by atoms with Gasteiger partial charge in [0.2, 0.25) is 5.91 Å². The smallest absolute Gasteiger partial charge is 0.313 e. The van der Waals surface area contributed by atoms with Gasteiger partial charge in [0, 0.05) is 11.9 Å². The molecule has 0 saturated heterocycles. The number of aromatic nitrogens is 2. The Morgan fingerprint density at radius 2 is 2.17 bits per heavy atom. The maximum absolute atomic E-state index is 11.5. The Hall–Kier alpha value is -1.50. The van der Waals surface area contributed by atoms with E-state index in [1.165, 1.54) is 0 Å². The number of carboxylic acid groups (broad SMARTS) is 1. The molecular formula is C11H17N3O3S. The van der Waals surface area contributed by atoms with E-state index in [9.17, 15) is 9.59 Å². The van der Waals surface area contributed by atoms with Gasteiger partial charge < -0.3 is 15.4 Å². The second-order valence-corrected chi connectivity index (χ2v) is 5.27. The number of imidazole rings is 1. The van der Waals surface area contributed by atoms with E-state index in [0.717, 1.165) is 17.5 Å². The number of amides is 1. The van der Waals surface area contributed by atoms with Crippen LogP contribution in [0.1, 0.15) is 25.6 Å². The quantitative estimate of drug-likeness (QED) is 0.753. The third-order valence-corrected chi connectivity index (χ3v) is 3.43. The van der Waals surface area contributed by atoms with Gasteiger partial charge in [-0.1, -0.05) is 25.6 Å². The average Bonchev–Trinajstić information content (AvgIpc) is 2.57. The third kappa shape index (κ3) is 3.25. The molecule has 1 amide bonds. The van der Waals surface area contributed by atoms with Crippen LogP contribution in [0.4, 0.5) is 0 Å². The molecule has 0 radical (unpaired) electrons. The molecule has 100 valence electrons. The van der Waals surface area contributed by atoms with Gasteiger partial charge in [0.15, 0.2) is 5.16 Å². The Morgan fingerprint density at radius 1 is 1.56 bits per heavy atom. The van der Waals surface area contributed by atoms with Gasteiger partial charge in [-0.2, -0.15) is 0 Å². The molecule has 1 aromatic rings. The van der Waals surface area contributed by atoms with Crippen molar-refractivity contribution in [2.24, 2.45) is 11.7 Å². The zero-order valence-electron chi connectivity index (χ0n) is 10.6. The zero-order chi connectivity index (χ0) is 13.9. The topological polar surface area (TPSA) is 98.2 Å². The lowest BCUT2D eigenvalue weighted by Gasteiger charge is -2.22. The van der Waals surface area contributed by atoms with Crippen LogP contribution < -0.4 is 5.73 Å². The Bertz CT molecular complexity index is 456. The number of primary amides is 1. The van der Waals surface area contributed by atoms with Crippen molar-refractivity contribution in [1.29, 1.82) is 0 Å². The molecular weight excluding hydrogens is 254 g/mol. The number of thioether (sulfide) groups is 1. The highest BCUT2D eigenvalue weighted by Gasteiger charge is 2.26. The van der Waals surface area contributed by atoms with Crippen LogP contribution in [0.25, 0.3) is 0 Å². The van der Waals surface area contributed by atoms with Crippen LogP contribution in [-0.4, -0.2) is 32.3 Å². The normalized spacial score (nSPS) is 12.7. The molecule has 0 aliphatic rings. The summed E-state index contributed by atoms with van der Waals surface area (Å²) in [6, 6.07) is -0.510. The summed E-state index contributed by atoms with van der Waals surface area (Å²) in [7, 11) is 0. The Labute approximate surface area is 110 Å². The number of aliphatic carboxylic acids is 1. The SMILES string of the molecule is Cc1cnc(SCC(=O)O)n1C(C(N)=O)C(C)C. The number of carbonyl (C=O) groups excluding carboxylic acids is 1. The lowest BCUT2D eigenvalue weighted by atomic mass is 10.0. The molecule has 0 bridgehead atoms. The molecule has 1 rings (SSSR count). The van der Waals surface area contributed by atoms with Crippen molar-refractivity contribution >= 4 is 23.6 Å². The van der Waals surface area contributed by atoms with Gasteiger partial charge in [-0.05, 0) is 12.8 Å². The van der Waals surface area contributed by atoms with Crippen molar-refractivity contribution < 1.29 is 14.7 Å². The highest BCUT2D eigenvalue weighted by atomic mass is 32.2. The van der Waals surface area contributed by atoms with Gasteiger partial charge >= 0.3 is 5.97 Å². The summed E-state index contributed by atoms with van der Waals surface area (Å²) >= 11 is 1.08. The molecule has 1 atom stereocenters. The van der Waals surface area contributed by atoms with Crippen LogP contribution in [0.2, 0.25) is 0 Å². The summed E-state index contributed by atoms with van der Waals surface area (Å²) in [6.45, 7) is 5.59. The number of nitrogens with zero attached hydrogens (tertiary/aromatic N) is 2. The first-order valence-corrected chi connectivity index (χ1v) is 6.51. The van der Waals surface area contributed by atoms with Crippen molar-refractivity contribution in [3.05, 3.63) is 11.9 Å². The lowest BCUT2D eigenvalue weighted by Crippen LogP contribution is -2.31. The fraction of sp³-hybridized carbons (Fsp3) is 0.545. The number of hydrogen-bond donors (Lipinski definition) is 2. The first-order valence-electron chi connectivity index (χ1n) is 5.52. The van der Waals surface area contributed by atoms with Crippen molar-refractivity contribution in [3.8, 4) is 0 Å². The van der Waals surface area contributed by atoms with Crippen LogP contribution in [-0.2, 0) is 9.59 Å². The van der Waals surface area contributed by atoms with Crippen molar-refractivity contribution in [2.45, 2.75) is 32.0 Å². The highest BCUT2D eigenvalue weighted by Crippen LogP contribution is 2.27. The molecule has 0 aliphatic heterocycles. The van der Waals surface area contributed by atoms with Gasteiger partial charge in [0.1, 0.15) is 6.04 Å². The predicted molar refractivity (Wildman–Crippen MR) is 68.4 cm³/mol. The van der Waals surface area contributed by atoms with E-state index >= 15 is 0 Å². The first kappa shape index (κ1) is 14.6. The zero-order valence-corrected chi connectivity index (χ0v) is 11.4. The van der Waals surface area contributed by atoms with Crippen LogP contribution in [0.5, 0.6) is 0 Å². The van der Waals surface area contributed by atoms with Gasteiger partial charge in [-0.3, -0.25) is 9.59 Å². The summed E-state index contributed by atoms with van der Waals surface area (Å²) in [6.07, 6.45) is 1.61. The van der Waals surface area contributed by atoms with Crippen molar-refractivity contribution in [3.63, 3.8) is 0 Å². The molecule has 6 nitrogen and oxygen atoms in total. The fourth-order valence-electron chi connectivity index (χ4n) is 1.75. The molecule has 0 aliphatic carbocycles. The van der Waals surface area contributed by atoms with Crippen LogP contribution in [0, 0.1) is 12.8 Å². The van der Waals surface area contributed by atoms with Gasteiger partial charge in [0.25, 0.3) is 0 Å². The average molecular weight is 271 g/mol. The Kier molecular flexibility index (Phi) is 4.77. The largest absolute Gasteiger partial charge is 0.481 e. The maximum atomic E-state index is 11.5. The molecule has 0 saturated carbocycles. The minimum Gasteiger partial charge on any atom is -0.481 e. The molecule has 1 aromatic heterocycles. The summed E-state index contributed by atoms with van der Waals surface area (Å²) in [5.74, 6) is -1.45. The number of carbonyl (C=O) groups is 2. The van der Waals surface area contributed by atoms with Crippen molar-refractivity contribution in [2.75, 3.05) is 5.75 Å². The molecule has 0 spiro atoms. The number of aryl methyl sites for hydroxylation is 1. The molecule has 18 heavy (non-hydrogen) atoms. The van der Waals surface area contributed by atoms with Crippen molar-refractivity contribution in [1.82, 2.24) is 9.55 Å². The second kappa shape index (κ2) is 5.90. The van der Waals surface area contributed by atoms with Gasteiger partial charge in [0.05, 0.1) is 5.75 Å². The summed E-state index contributed by atoms with van der Waals surface area (Å²) < 4.78 is 1.71. The van der Waals surface area contributed by atoms with Crippen LogP contribution in [0.15, 0.2) is 11.4 Å². The summed E-state index contributed by atoms with van der Waals surface area (Å²) in [4.78, 5) is 26.2. The highest BCUT2D eigenvalue weighted by molar-refractivity contribution is 7.99. The Morgan fingerprint density at radius 3 is 2.61 bits per heavy atom. The Balaban J connectivity index is 3.08. The maximum Gasteiger partial charge on any atom is 0.313 e. The van der Waals surface area contributed by atoms with Gasteiger partial charge in [-0.25, -0.2) is 4.98 Å². The molecule has 1 unspecified atom stereocenters. The number of rotatable bonds is 6. The first-order chi connectivity index (χ1) is 8.34. The minimum absolute atomic E-state index is 0.0135. The molecule has 1 heterocycles.